The third kappa shape index (κ3) is 4.88. The van der Waals surface area contributed by atoms with Gasteiger partial charge in [0.25, 0.3) is 0 Å². The molecule has 1 atom stereocenters. The zero-order chi connectivity index (χ0) is 17.9. The van der Waals surface area contributed by atoms with Crippen molar-refractivity contribution < 1.29 is 23.4 Å². The van der Waals surface area contributed by atoms with E-state index in [-0.39, 0.29) is 18.2 Å². The first kappa shape index (κ1) is 18.6. The van der Waals surface area contributed by atoms with Gasteiger partial charge in [-0.05, 0) is 32.9 Å². The Kier molecular flexibility index (Phi) is 5.77. The molecule has 0 radical (unpaired) electrons. The summed E-state index contributed by atoms with van der Waals surface area (Å²) in [6.45, 7) is 7.43. The quantitative estimate of drug-likeness (QED) is 0.917. The highest BCUT2D eigenvalue weighted by atomic mass is 19.1. The highest BCUT2D eigenvalue weighted by molar-refractivity contribution is 5.68. The maximum Gasteiger partial charge on any atom is 0.410 e. The van der Waals surface area contributed by atoms with Crippen molar-refractivity contribution in [2.24, 2.45) is 0 Å². The Balaban J connectivity index is 1.88. The van der Waals surface area contributed by atoms with Crippen LogP contribution in [0.4, 0.5) is 13.6 Å². The van der Waals surface area contributed by atoms with Gasteiger partial charge in [0.2, 0.25) is 0 Å². The Morgan fingerprint density at radius 1 is 1.21 bits per heavy atom. The molecule has 1 fully saturated rings. The van der Waals surface area contributed by atoms with E-state index in [0.29, 0.717) is 26.2 Å². The van der Waals surface area contributed by atoms with Gasteiger partial charge in [-0.25, -0.2) is 13.6 Å². The van der Waals surface area contributed by atoms with E-state index in [9.17, 15) is 18.7 Å². The normalized spacial score (nSPS) is 17.7. The van der Waals surface area contributed by atoms with Crippen molar-refractivity contribution >= 4 is 6.09 Å². The molecule has 1 aliphatic rings. The van der Waals surface area contributed by atoms with Crippen molar-refractivity contribution in [2.75, 3.05) is 32.7 Å². The van der Waals surface area contributed by atoms with Crippen LogP contribution in [0, 0.1) is 11.6 Å². The maximum atomic E-state index is 13.7. The fourth-order valence-corrected chi connectivity index (χ4v) is 2.60. The van der Waals surface area contributed by atoms with Gasteiger partial charge >= 0.3 is 6.09 Å². The van der Waals surface area contributed by atoms with Crippen LogP contribution >= 0.6 is 0 Å². The second-order valence-electron chi connectivity index (χ2n) is 6.92. The van der Waals surface area contributed by atoms with Crippen molar-refractivity contribution in [1.29, 1.82) is 0 Å². The number of benzene rings is 1. The third-order valence-corrected chi connectivity index (χ3v) is 3.79. The number of ether oxygens (including phenoxy) is 1. The number of piperazine rings is 1. The molecule has 1 N–H and O–H groups in total. The van der Waals surface area contributed by atoms with Crippen LogP contribution < -0.4 is 0 Å². The highest BCUT2D eigenvalue weighted by Crippen LogP contribution is 2.22. The van der Waals surface area contributed by atoms with E-state index in [2.05, 4.69) is 0 Å². The summed E-state index contributed by atoms with van der Waals surface area (Å²) in [6, 6.07) is 3.52. The summed E-state index contributed by atoms with van der Waals surface area (Å²) in [5.74, 6) is -1.51. The van der Waals surface area contributed by atoms with Crippen LogP contribution in [0.5, 0.6) is 0 Å². The first-order chi connectivity index (χ1) is 11.2. The van der Waals surface area contributed by atoms with Gasteiger partial charge in [-0.1, -0.05) is 6.07 Å². The summed E-state index contributed by atoms with van der Waals surface area (Å²) in [7, 11) is 0. The molecular weight excluding hydrogens is 318 g/mol. The predicted octanol–water partition coefficient (Wildman–Crippen LogP) is 2.55. The SMILES string of the molecule is CC(C)(C)OC(=O)N1CCN(CC(O)c2c(F)cccc2F)CC1. The van der Waals surface area contributed by atoms with Crippen LogP contribution in [0.15, 0.2) is 18.2 Å². The fourth-order valence-electron chi connectivity index (χ4n) is 2.60. The Morgan fingerprint density at radius 3 is 2.25 bits per heavy atom. The Bertz CT molecular complexity index is 561. The number of aliphatic hydroxyl groups excluding tert-OH is 1. The van der Waals surface area contributed by atoms with E-state index in [1.165, 1.54) is 6.07 Å². The van der Waals surface area contributed by atoms with Crippen LogP contribution in [-0.4, -0.2) is 59.3 Å². The van der Waals surface area contributed by atoms with E-state index < -0.39 is 23.3 Å². The molecule has 5 nitrogen and oxygen atoms in total. The van der Waals surface area contributed by atoms with Crippen LogP contribution in [0.3, 0.4) is 0 Å². The summed E-state index contributed by atoms with van der Waals surface area (Å²) < 4.78 is 32.7. The van der Waals surface area contributed by atoms with Gasteiger partial charge < -0.3 is 14.7 Å². The first-order valence-electron chi connectivity index (χ1n) is 7.99. The minimum absolute atomic E-state index is 0.111. The van der Waals surface area contributed by atoms with Gasteiger partial charge in [0, 0.05) is 32.7 Å². The number of carbonyl (C=O) groups excluding carboxylic acids is 1. The van der Waals surface area contributed by atoms with Gasteiger partial charge in [0.15, 0.2) is 0 Å². The van der Waals surface area contributed by atoms with Crippen LogP contribution in [0.25, 0.3) is 0 Å². The molecule has 1 heterocycles. The summed E-state index contributed by atoms with van der Waals surface area (Å²) in [6.07, 6.45) is -1.62. The lowest BCUT2D eigenvalue weighted by molar-refractivity contribution is 0.00979. The van der Waals surface area contributed by atoms with E-state index in [1.807, 2.05) is 4.90 Å². The Hall–Kier alpha value is -1.73. The second kappa shape index (κ2) is 7.44. The number of aliphatic hydroxyl groups is 1. The van der Waals surface area contributed by atoms with Crippen molar-refractivity contribution in [3.63, 3.8) is 0 Å². The van der Waals surface area contributed by atoms with Gasteiger partial charge in [0.1, 0.15) is 17.2 Å². The van der Waals surface area contributed by atoms with E-state index in [0.717, 1.165) is 12.1 Å². The number of rotatable bonds is 3. The molecule has 0 spiro atoms. The van der Waals surface area contributed by atoms with Crippen molar-refractivity contribution in [3.8, 4) is 0 Å². The van der Waals surface area contributed by atoms with E-state index >= 15 is 0 Å². The van der Waals surface area contributed by atoms with Crippen LogP contribution in [0.1, 0.15) is 32.4 Å². The molecule has 7 heteroatoms. The Labute approximate surface area is 140 Å². The monoisotopic (exact) mass is 342 g/mol. The first-order valence-corrected chi connectivity index (χ1v) is 7.99. The van der Waals surface area contributed by atoms with Crippen LogP contribution in [0.2, 0.25) is 0 Å². The lowest BCUT2D eigenvalue weighted by Gasteiger charge is -2.36. The van der Waals surface area contributed by atoms with Gasteiger partial charge in [0.05, 0.1) is 11.7 Å². The average molecular weight is 342 g/mol. The Morgan fingerprint density at radius 2 is 1.75 bits per heavy atom. The molecular formula is C17H24F2N2O3. The lowest BCUT2D eigenvalue weighted by Crippen LogP contribution is -2.50. The molecule has 0 aromatic heterocycles. The molecule has 1 aromatic rings. The van der Waals surface area contributed by atoms with Crippen molar-refractivity contribution in [3.05, 3.63) is 35.4 Å². The highest BCUT2D eigenvalue weighted by Gasteiger charge is 2.27. The minimum atomic E-state index is -1.25. The fraction of sp³-hybridized carbons (Fsp3) is 0.588. The number of β-amino-alcohol motifs (C(OH)–C–C–N with tert-alkyl or cyclic N) is 1. The molecule has 1 aromatic carbocycles. The van der Waals surface area contributed by atoms with Crippen molar-refractivity contribution in [2.45, 2.75) is 32.5 Å². The third-order valence-electron chi connectivity index (χ3n) is 3.79. The topological polar surface area (TPSA) is 53.0 Å². The number of hydrogen-bond acceptors (Lipinski definition) is 4. The molecule has 0 bridgehead atoms. The summed E-state index contributed by atoms with van der Waals surface area (Å²) >= 11 is 0. The maximum absolute atomic E-state index is 13.7. The van der Waals surface area contributed by atoms with Gasteiger partial charge in [-0.2, -0.15) is 0 Å². The second-order valence-corrected chi connectivity index (χ2v) is 6.92. The van der Waals surface area contributed by atoms with Crippen molar-refractivity contribution in [1.82, 2.24) is 9.80 Å². The minimum Gasteiger partial charge on any atom is -0.444 e. The molecule has 1 amide bonds. The largest absolute Gasteiger partial charge is 0.444 e. The van der Waals surface area contributed by atoms with Gasteiger partial charge in [-0.3, -0.25) is 4.90 Å². The number of halogens is 2. The predicted molar refractivity (Wildman–Crippen MR) is 85.6 cm³/mol. The number of amides is 1. The average Bonchev–Trinajstić information content (AvgIpc) is 2.46. The standard InChI is InChI=1S/C17H24F2N2O3/c1-17(2,3)24-16(23)21-9-7-20(8-10-21)11-14(22)15-12(18)5-4-6-13(15)19/h4-6,14,22H,7-11H2,1-3H3. The zero-order valence-electron chi connectivity index (χ0n) is 14.3. The molecule has 1 aliphatic heterocycles. The van der Waals surface area contributed by atoms with E-state index in [4.69, 9.17) is 4.74 Å². The summed E-state index contributed by atoms with van der Waals surface area (Å²) in [4.78, 5) is 15.5. The molecule has 1 saturated heterocycles. The molecule has 2 rings (SSSR count). The molecule has 134 valence electrons. The molecule has 24 heavy (non-hydrogen) atoms. The summed E-state index contributed by atoms with van der Waals surface area (Å²) in [5, 5.41) is 10.1. The summed E-state index contributed by atoms with van der Waals surface area (Å²) in [5.41, 5.74) is -0.862. The van der Waals surface area contributed by atoms with E-state index in [1.54, 1.807) is 25.7 Å². The van der Waals surface area contributed by atoms with Gasteiger partial charge in [-0.15, -0.1) is 0 Å². The zero-order valence-corrected chi connectivity index (χ0v) is 14.3. The molecule has 0 aliphatic carbocycles. The number of carbonyl (C=O) groups is 1. The lowest BCUT2D eigenvalue weighted by atomic mass is 10.1. The molecule has 0 saturated carbocycles. The smallest absolute Gasteiger partial charge is 0.410 e. The number of nitrogens with zero attached hydrogens (tertiary/aromatic N) is 2. The van der Waals surface area contributed by atoms with Crippen LogP contribution in [-0.2, 0) is 4.74 Å². The molecule has 1 unspecified atom stereocenters. The number of hydrogen-bond donors (Lipinski definition) is 1.